The fraction of sp³-hybridized carbons (Fsp3) is 0.0870. The van der Waals surface area contributed by atoms with Crippen LogP contribution < -0.4 is 10.9 Å². The zero-order valence-corrected chi connectivity index (χ0v) is 18.4. The summed E-state index contributed by atoms with van der Waals surface area (Å²) >= 11 is 0.890. The Morgan fingerprint density at radius 1 is 1.12 bits per heavy atom. The third kappa shape index (κ3) is 4.64. The number of hydrogen-bond acceptors (Lipinski definition) is 6. The second-order valence-electron chi connectivity index (χ2n) is 7.20. The highest BCUT2D eigenvalue weighted by molar-refractivity contribution is 8.00. The number of rotatable bonds is 6. The lowest BCUT2D eigenvalue weighted by atomic mass is 10.2. The summed E-state index contributed by atoms with van der Waals surface area (Å²) in [5, 5.41) is 13.0. The molecule has 1 unspecified atom stereocenters. The van der Waals surface area contributed by atoms with E-state index in [-0.39, 0.29) is 27.6 Å². The molecule has 4 rings (SSSR count). The van der Waals surface area contributed by atoms with Gasteiger partial charge in [0.25, 0.3) is 11.2 Å². The zero-order valence-electron chi connectivity index (χ0n) is 17.6. The molecule has 0 spiro atoms. The zero-order chi connectivity index (χ0) is 24.4. The highest BCUT2D eigenvalue weighted by Gasteiger charge is 2.22. The molecule has 0 fully saturated rings. The molecule has 0 bridgehead atoms. The molecule has 1 amide bonds. The average Bonchev–Trinajstić information content (AvgIpc) is 2.80. The van der Waals surface area contributed by atoms with Gasteiger partial charge in [0.05, 0.1) is 26.8 Å². The Morgan fingerprint density at radius 3 is 2.62 bits per heavy atom. The number of benzene rings is 3. The molecular weight excluding hydrogens is 466 g/mol. The molecule has 0 radical (unpaired) electrons. The monoisotopic (exact) mass is 482 g/mol. The van der Waals surface area contributed by atoms with Gasteiger partial charge >= 0.3 is 0 Å². The van der Waals surface area contributed by atoms with Crippen molar-refractivity contribution in [2.45, 2.75) is 17.3 Å². The number of thioether (sulfide) groups is 1. The minimum atomic E-state index is -0.963. The predicted molar refractivity (Wildman–Crippen MR) is 124 cm³/mol. The molecule has 3 aromatic carbocycles. The SMILES string of the molecule is CC(Sc1nc2ccccc2c(=O)n1-c1ccc(F)cc1F)C(=O)Nc1cccc([N+](=O)[O-])c1. The number of nitro groups is 1. The van der Waals surface area contributed by atoms with Crippen LogP contribution in [0.3, 0.4) is 0 Å². The highest BCUT2D eigenvalue weighted by atomic mass is 32.2. The Morgan fingerprint density at radius 2 is 1.88 bits per heavy atom. The minimum Gasteiger partial charge on any atom is -0.325 e. The third-order valence-electron chi connectivity index (χ3n) is 4.87. The Bertz CT molecular complexity index is 1490. The van der Waals surface area contributed by atoms with Gasteiger partial charge in [-0.2, -0.15) is 0 Å². The molecule has 0 aliphatic heterocycles. The van der Waals surface area contributed by atoms with Gasteiger partial charge in [0.15, 0.2) is 5.16 Å². The maximum absolute atomic E-state index is 14.6. The summed E-state index contributed by atoms with van der Waals surface area (Å²) in [4.78, 5) is 40.8. The van der Waals surface area contributed by atoms with E-state index in [0.717, 1.165) is 28.5 Å². The van der Waals surface area contributed by atoms with Gasteiger partial charge in [-0.3, -0.25) is 24.3 Å². The summed E-state index contributed by atoms with van der Waals surface area (Å²) in [6.45, 7) is 1.55. The first-order valence-electron chi connectivity index (χ1n) is 9.94. The van der Waals surface area contributed by atoms with Crippen molar-refractivity contribution >= 4 is 39.9 Å². The number of para-hydroxylation sites is 1. The van der Waals surface area contributed by atoms with E-state index < -0.39 is 33.3 Å². The number of nitro benzene ring substituents is 1. The molecule has 0 aliphatic carbocycles. The van der Waals surface area contributed by atoms with Crippen LogP contribution in [0.25, 0.3) is 16.6 Å². The van der Waals surface area contributed by atoms with Crippen LogP contribution in [0.2, 0.25) is 0 Å². The van der Waals surface area contributed by atoms with Crippen LogP contribution in [-0.2, 0) is 4.79 Å². The van der Waals surface area contributed by atoms with Crippen molar-refractivity contribution in [1.82, 2.24) is 9.55 Å². The van der Waals surface area contributed by atoms with Crippen molar-refractivity contribution in [2.75, 3.05) is 5.32 Å². The second-order valence-corrected chi connectivity index (χ2v) is 8.51. The van der Waals surface area contributed by atoms with Gasteiger partial charge in [-0.05, 0) is 37.3 Å². The summed E-state index contributed by atoms with van der Waals surface area (Å²) in [5.74, 6) is -2.28. The Hall–Kier alpha value is -4.12. The van der Waals surface area contributed by atoms with Crippen molar-refractivity contribution in [3.05, 3.63) is 98.8 Å². The molecule has 172 valence electrons. The molecule has 1 aromatic heterocycles. The Kier molecular flexibility index (Phi) is 6.37. The number of nitrogens with one attached hydrogen (secondary N) is 1. The number of carbonyl (C=O) groups is 1. The average molecular weight is 482 g/mol. The molecule has 1 atom stereocenters. The minimum absolute atomic E-state index is 0.0240. The maximum Gasteiger partial charge on any atom is 0.271 e. The number of halogens is 2. The fourth-order valence-corrected chi connectivity index (χ4v) is 4.14. The van der Waals surface area contributed by atoms with Crippen LogP contribution in [0.5, 0.6) is 0 Å². The van der Waals surface area contributed by atoms with Crippen molar-refractivity contribution in [1.29, 1.82) is 0 Å². The van der Waals surface area contributed by atoms with E-state index in [1.165, 1.54) is 30.3 Å². The number of hydrogen-bond donors (Lipinski definition) is 1. The molecule has 11 heteroatoms. The first-order valence-corrected chi connectivity index (χ1v) is 10.8. The van der Waals surface area contributed by atoms with Crippen LogP contribution in [-0.4, -0.2) is 25.6 Å². The first-order chi connectivity index (χ1) is 16.2. The lowest BCUT2D eigenvalue weighted by Crippen LogP contribution is -2.26. The number of aromatic nitrogens is 2. The van der Waals surface area contributed by atoms with Gasteiger partial charge in [0.2, 0.25) is 5.91 Å². The third-order valence-corrected chi connectivity index (χ3v) is 5.92. The lowest BCUT2D eigenvalue weighted by Gasteiger charge is -2.17. The molecule has 4 aromatic rings. The van der Waals surface area contributed by atoms with E-state index in [4.69, 9.17) is 0 Å². The summed E-state index contributed by atoms with van der Waals surface area (Å²) < 4.78 is 29.1. The number of anilines is 1. The molecule has 1 heterocycles. The van der Waals surface area contributed by atoms with Crippen molar-refractivity contribution in [2.24, 2.45) is 0 Å². The standard InChI is InChI=1S/C23H16F2N4O4S/c1-13(21(30)26-15-5-4-6-16(12-15)29(32)33)34-23-27-19-8-3-2-7-17(19)22(31)28(23)20-10-9-14(24)11-18(20)25/h2-13H,1H3,(H,26,30). The number of non-ortho nitro benzene ring substituents is 1. The largest absolute Gasteiger partial charge is 0.325 e. The topological polar surface area (TPSA) is 107 Å². The summed E-state index contributed by atoms with van der Waals surface area (Å²) in [5.41, 5.74) is -0.404. The number of amides is 1. The van der Waals surface area contributed by atoms with Crippen LogP contribution in [0.1, 0.15) is 6.92 Å². The number of nitrogens with zero attached hydrogens (tertiary/aromatic N) is 3. The highest BCUT2D eigenvalue weighted by Crippen LogP contribution is 2.27. The van der Waals surface area contributed by atoms with Crippen LogP contribution in [0.4, 0.5) is 20.2 Å². The number of carbonyl (C=O) groups excluding carboxylic acids is 1. The Balaban J connectivity index is 1.72. The van der Waals surface area contributed by atoms with E-state index >= 15 is 0 Å². The fourth-order valence-electron chi connectivity index (χ4n) is 3.22. The molecule has 8 nitrogen and oxygen atoms in total. The van der Waals surface area contributed by atoms with Gasteiger partial charge in [0.1, 0.15) is 11.6 Å². The van der Waals surface area contributed by atoms with E-state index in [1.807, 2.05) is 0 Å². The molecule has 34 heavy (non-hydrogen) atoms. The smallest absolute Gasteiger partial charge is 0.271 e. The van der Waals surface area contributed by atoms with E-state index in [2.05, 4.69) is 10.3 Å². The van der Waals surface area contributed by atoms with Gasteiger partial charge in [-0.1, -0.05) is 30.0 Å². The molecule has 0 saturated heterocycles. The van der Waals surface area contributed by atoms with Gasteiger partial charge in [-0.25, -0.2) is 13.8 Å². The van der Waals surface area contributed by atoms with Gasteiger partial charge in [-0.15, -0.1) is 0 Å². The molecule has 1 N–H and O–H groups in total. The lowest BCUT2D eigenvalue weighted by molar-refractivity contribution is -0.384. The van der Waals surface area contributed by atoms with E-state index in [1.54, 1.807) is 25.1 Å². The summed E-state index contributed by atoms with van der Waals surface area (Å²) in [7, 11) is 0. The van der Waals surface area contributed by atoms with Crippen molar-refractivity contribution in [3.63, 3.8) is 0 Å². The summed E-state index contributed by atoms with van der Waals surface area (Å²) in [6.07, 6.45) is 0. The van der Waals surface area contributed by atoms with E-state index in [0.29, 0.717) is 11.6 Å². The Labute approximate surface area is 195 Å². The van der Waals surface area contributed by atoms with Crippen LogP contribution in [0.15, 0.2) is 76.7 Å². The predicted octanol–water partition coefficient (Wildman–Crippen LogP) is 4.69. The molecular formula is C23H16F2N4O4S. The second kappa shape index (κ2) is 9.40. The van der Waals surface area contributed by atoms with Crippen LogP contribution >= 0.6 is 11.8 Å². The quantitative estimate of drug-likeness (QED) is 0.185. The summed E-state index contributed by atoms with van der Waals surface area (Å²) in [6, 6.07) is 14.7. The van der Waals surface area contributed by atoms with Crippen LogP contribution in [0, 0.1) is 21.7 Å². The molecule has 0 saturated carbocycles. The maximum atomic E-state index is 14.6. The van der Waals surface area contributed by atoms with Crippen molar-refractivity contribution < 1.29 is 18.5 Å². The number of fused-ring (bicyclic) bond motifs is 1. The molecule has 0 aliphatic rings. The van der Waals surface area contributed by atoms with Gasteiger partial charge < -0.3 is 5.32 Å². The van der Waals surface area contributed by atoms with Gasteiger partial charge in [0, 0.05) is 23.9 Å². The normalized spacial score (nSPS) is 11.9. The first kappa shape index (κ1) is 23.1. The van der Waals surface area contributed by atoms with E-state index in [9.17, 15) is 28.5 Å². The van der Waals surface area contributed by atoms with Crippen molar-refractivity contribution in [3.8, 4) is 5.69 Å².